The number of halogens is 3. The normalized spacial score (nSPS) is 10.6. The molecule has 0 unspecified atom stereocenters. The predicted octanol–water partition coefficient (Wildman–Crippen LogP) is 3.47. The smallest absolute Gasteiger partial charge is 0.387 e. The fraction of sp³-hybridized carbons (Fsp3) is 0.455. The number of methoxy groups -OCH3 is 1. The van der Waals surface area contributed by atoms with Gasteiger partial charge in [-0.1, -0.05) is 6.07 Å². The van der Waals surface area contributed by atoms with Crippen LogP contribution in [0.3, 0.4) is 0 Å². The van der Waals surface area contributed by atoms with Crippen molar-refractivity contribution in [3.8, 4) is 11.5 Å². The molecule has 16 heavy (non-hydrogen) atoms. The average molecular weight is 251 g/mol. The summed E-state index contributed by atoms with van der Waals surface area (Å²) in [7, 11) is 1.47. The van der Waals surface area contributed by atoms with Gasteiger partial charge in [-0.15, -0.1) is 11.6 Å². The molecule has 2 nitrogen and oxygen atoms in total. The zero-order valence-electron chi connectivity index (χ0n) is 8.88. The maximum absolute atomic E-state index is 12.2. The molecule has 0 saturated heterocycles. The molecule has 0 amide bonds. The minimum atomic E-state index is -2.83. The number of hydrogen-bond donors (Lipinski definition) is 0. The number of benzene rings is 1. The molecule has 0 atom stereocenters. The van der Waals surface area contributed by atoms with Gasteiger partial charge in [-0.2, -0.15) is 8.78 Å². The van der Waals surface area contributed by atoms with E-state index in [2.05, 4.69) is 4.74 Å². The molecule has 0 aliphatic heterocycles. The lowest BCUT2D eigenvalue weighted by Crippen LogP contribution is -2.05. The third kappa shape index (κ3) is 3.85. The van der Waals surface area contributed by atoms with Crippen LogP contribution in [-0.4, -0.2) is 19.6 Å². The van der Waals surface area contributed by atoms with Gasteiger partial charge < -0.3 is 9.47 Å². The van der Waals surface area contributed by atoms with E-state index < -0.39 is 6.61 Å². The van der Waals surface area contributed by atoms with Crippen LogP contribution in [0, 0.1) is 0 Å². The van der Waals surface area contributed by atoms with Crippen LogP contribution in [-0.2, 0) is 6.42 Å². The van der Waals surface area contributed by atoms with Crippen LogP contribution in [0.2, 0.25) is 0 Å². The first-order valence-electron chi connectivity index (χ1n) is 4.85. The maximum Gasteiger partial charge on any atom is 0.387 e. The monoisotopic (exact) mass is 250 g/mol. The standard InChI is InChI=1S/C11H13ClF2O2/c1-15-9-5-4-8(3-2-6-12)10(7-9)16-11(13)14/h4-5,7,11H,2-3,6H2,1H3. The van der Waals surface area contributed by atoms with E-state index in [0.717, 1.165) is 0 Å². The second-order valence-corrected chi connectivity index (χ2v) is 3.52. The fourth-order valence-electron chi connectivity index (χ4n) is 1.33. The Kier molecular flexibility index (Phi) is 5.32. The van der Waals surface area contributed by atoms with E-state index in [9.17, 15) is 8.78 Å². The molecule has 1 rings (SSSR count). The summed E-state index contributed by atoms with van der Waals surface area (Å²) in [5.41, 5.74) is 0.710. The van der Waals surface area contributed by atoms with Crippen molar-refractivity contribution in [2.45, 2.75) is 19.5 Å². The van der Waals surface area contributed by atoms with Crippen LogP contribution in [0.4, 0.5) is 8.78 Å². The van der Waals surface area contributed by atoms with Crippen molar-refractivity contribution in [3.05, 3.63) is 23.8 Å². The lowest BCUT2D eigenvalue weighted by Gasteiger charge is -2.11. The number of aryl methyl sites for hydroxylation is 1. The van der Waals surface area contributed by atoms with Crippen molar-refractivity contribution >= 4 is 11.6 Å². The third-order valence-corrected chi connectivity index (χ3v) is 2.34. The molecule has 5 heteroatoms. The number of hydrogen-bond acceptors (Lipinski definition) is 2. The van der Waals surface area contributed by atoms with Gasteiger partial charge in [0, 0.05) is 11.9 Å². The molecule has 0 fully saturated rings. The first-order chi connectivity index (χ1) is 7.67. The van der Waals surface area contributed by atoms with Crippen molar-refractivity contribution in [2.75, 3.05) is 13.0 Å². The SMILES string of the molecule is COc1ccc(CCCCl)c(OC(F)F)c1. The van der Waals surface area contributed by atoms with Crippen molar-refractivity contribution in [2.24, 2.45) is 0 Å². The predicted molar refractivity (Wildman–Crippen MR) is 58.7 cm³/mol. The molecule has 0 aliphatic carbocycles. The number of alkyl halides is 3. The van der Waals surface area contributed by atoms with E-state index in [-0.39, 0.29) is 5.75 Å². The van der Waals surface area contributed by atoms with Crippen LogP contribution >= 0.6 is 11.6 Å². The quantitative estimate of drug-likeness (QED) is 0.720. The molecule has 0 spiro atoms. The fourth-order valence-corrected chi connectivity index (χ4v) is 1.46. The molecule has 1 aromatic rings. The molecular weight excluding hydrogens is 238 g/mol. The summed E-state index contributed by atoms with van der Waals surface area (Å²) in [6.07, 6.45) is 1.32. The van der Waals surface area contributed by atoms with E-state index in [0.29, 0.717) is 30.0 Å². The van der Waals surface area contributed by atoms with Gasteiger partial charge >= 0.3 is 6.61 Å². The van der Waals surface area contributed by atoms with Crippen LogP contribution in [0.5, 0.6) is 11.5 Å². The highest BCUT2D eigenvalue weighted by atomic mass is 35.5. The Morgan fingerprint density at radius 3 is 2.69 bits per heavy atom. The summed E-state index contributed by atoms with van der Waals surface area (Å²) < 4.78 is 33.7. The molecule has 0 saturated carbocycles. The largest absolute Gasteiger partial charge is 0.497 e. The first-order valence-corrected chi connectivity index (χ1v) is 5.38. The van der Waals surface area contributed by atoms with Gasteiger partial charge in [0.2, 0.25) is 0 Å². The molecule has 0 N–H and O–H groups in total. The summed E-state index contributed by atoms with van der Waals surface area (Å²) in [6, 6.07) is 4.88. The summed E-state index contributed by atoms with van der Waals surface area (Å²) in [4.78, 5) is 0. The Hall–Kier alpha value is -1.03. The molecular formula is C11H13ClF2O2. The van der Waals surface area contributed by atoms with E-state index in [1.807, 2.05) is 0 Å². The van der Waals surface area contributed by atoms with Crippen LogP contribution in [0.15, 0.2) is 18.2 Å². The molecule has 0 bridgehead atoms. The third-order valence-electron chi connectivity index (χ3n) is 2.07. The van der Waals surface area contributed by atoms with Gasteiger partial charge in [0.05, 0.1) is 7.11 Å². The van der Waals surface area contributed by atoms with Gasteiger partial charge in [-0.3, -0.25) is 0 Å². The second kappa shape index (κ2) is 6.53. The van der Waals surface area contributed by atoms with E-state index >= 15 is 0 Å². The number of rotatable bonds is 6. The van der Waals surface area contributed by atoms with Crippen LogP contribution in [0.1, 0.15) is 12.0 Å². The molecule has 0 aliphatic rings. The summed E-state index contributed by atoms with van der Waals surface area (Å²) in [5.74, 6) is 1.13. The summed E-state index contributed by atoms with van der Waals surface area (Å²) in [5, 5.41) is 0. The molecule has 0 heterocycles. The second-order valence-electron chi connectivity index (χ2n) is 3.14. The lowest BCUT2D eigenvalue weighted by atomic mass is 10.1. The average Bonchev–Trinajstić information content (AvgIpc) is 2.26. The zero-order valence-corrected chi connectivity index (χ0v) is 9.64. The Morgan fingerprint density at radius 2 is 2.12 bits per heavy atom. The van der Waals surface area contributed by atoms with Gasteiger partial charge in [0.15, 0.2) is 0 Å². The molecule has 0 radical (unpaired) electrons. The highest BCUT2D eigenvalue weighted by molar-refractivity contribution is 6.17. The Labute approximate surface area is 98.1 Å². The maximum atomic E-state index is 12.2. The minimum Gasteiger partial charge on any atom is -0.497 e. The van der Waals surface area contributed by atoms with Crippen molar-refractivity contribution < 1.29 is 18.3 Å². The minimum absolute atomic E-state index is 0.152. The summed E-state index contributed by atoms with van der Waals surface area (Å²) in [6.45, 7) is -2.83. The Balaban J connectivity index is 2.87. The van der Waals surface area contributed by atoms with Crippen molar-refractivity contribution in [1.29, 1.82) is 0 Å². The highest BCUT2D eigenvalue weighted by Gasteiger charge is 2.10. The highest BCUT2D eigenvalue weighted by Crippen LogP contribution is 2.27. The van der Waals surface area contributed by atoms with Crippen molar-refractivity contribution in [1.82, 2.24) is 0 Å². The number of ether oxygens (including phenoxy) is 2. The van der Waals surface area contributed by atoms with Crippen molar-refractivity contribution in [3.63, 3.8) is 0 Å². The molecule has 90 valence electrons. The molecule has 0 aromatic heterocycles. The van der Waals surface area contributed by atoms with Crippen LogP contribution in [0.25, 0.3) is 0 Å². The summed E-state index contributed by atoms with van der Waals surface area (Å²) >= 11 is 5.55. The van der Waals surface area contributed by atoms with Gasteiger partial charge in [-0.05, 0) is 24.5 Å². The Morgan fingerprint density at radius 1 is 1.38 bits per heavy atom. The van der Waals surface area contributed by atoms with E-state index in [4.69, 9.17) is 16.3 Å². The van der Waals surface area contributed by atoms with Gasteiger partial charge in [0.25, 0.3) is 0 Å². The zero-order chi connectivity index (χ0) is 12.0. The van der Waals surface area contributed by atoms with E-state index in [1.165, 1.54) is 13.2 Å². The first kappa shape index (κ1) is 13.0. The van der Waals surface area contributed by atoms with Gasteiger partial charge in [0.1, 0.15) is 11.5 Å². The topological polar surface area (TPSA) is 18.5 Å². The van der Waals surface area contributed by atoms with Gasteiger partial charge in [-0.25, -0.2) is 0 Å². The Bertz CT molecular complexity index is 332. The lowest BCUT2D eigenvalue weighted by molar-refractivity contribution is -0.0505. The van der Waals surface area contributed by atoms with E-state index in [1.54, 1.807) is 12.1 Å². The van der Waals surface area contributed by atoms with Crippen LogP contribution < -0.4 is 9.47 Å². The molecule has 1 aromatic carbocycles.